The van der Waals surface area contributed by atoms with E-state index in [4.69, 9.17) is 9.57 Å². The maximum absolute atomic E-state index is 12.4. The van der Waals surface area contributed by atoms with Crippen molar-refractivity contribution in [2.45, 2.75) is 109 Å². The SMILES string of the molecule is CC1(C)C2=[N+](CC(C)(C)C3OC4CCN5C(=C4C=C23)C(C)(CCCCCC(=O)ON2C(=O)CCC2=O)c2ccccc25)c2ccccc21. The molecular formula is C40H46N3O5+. The summed E-state index contributed by atoms with van der Waals surface area (Å²) in [5.74, 6) is -1.41. The first kappa shape index (κ1) is 31.2. The Labute approximate surface area is 283 Å². The molecular weight excluding hydrogens is 602 g/mol. The van der Waals surface area contributed by atoms with Gasteiger partial charge in [-0.2, -0.15) is 4.58 Å². The van der Waals surface area contributed by atoms with Gasteiger partial charge in [-0.15, -0.1) is 5.06 Å². The van der Waals surface area contributed by atoms with Crippen molar-refractivity contribution in [3.8, 4) is 0 Å². The van der Waals surface area contributed by atoms with E-state index in [1.807, 2.05) is 0 Å². The number of nitrogens with zero attached hydrogens (tertiary/aromatic N) is 3. The first-order chi connectivity index (χ1) is 22.9. The standard InChI is InChI=1S/C40H46N3O5/c1-38(2)24-42-29-15-10-8-13-27(29)39(3,4)35(42)26-23-25-31(47-37(26)38)20-22-41-30-16-11-9-14-28(30)40(5,36(25)41)21-12-6-7-17-34(46)48-43-32(44)18-19-33(43)45/h8-11,13-16,23,31,37H,6-7,12,17-22,24H2,1-5H3/q+1. The first-order valence-electron chi connectivity index (χ1n) is 17.7. The van der Waals surface area contributed by atoms with E-state index < -0.39 is 17.8 Å². The van der Waals surface area contributed by atoms with Crippen LogP contribution in [-0.4, -0.2) is 58.4 Å². The number of amides is 2. The highest BCUT2D eigenvalue weighted by Crippen LogP contribution is 2.57. The summed E-state index contributed by atoms with van der Waals surface area (Å²) in [5, 5.41) is 0.641. The van der Waals surface area contributed by atoms with Gasteiger partial charge in [0, 0.05) is 65.4 Å². The second kappa shape index (κ2) is 11.0. The average Bonchev–Trinajstić information content (AvgIpc) is 3.60. The zero-order valence-corrected chi connectivity index (χ0v) is 28.8. The summed E-state index contributed by atoms with van der Waals surface area (Å²) in [7, 11) is 0. The van der Waals surface area contributed by atoms with E-state index in [0.29, 0.717) is 11.5 Å². The van der Waals surface area contributed by atoms with E-state index in [1.54, 1.807) is 0 Å². The topological polar surface area (TPSA) is 79.2 Å². The van der Waals surface area contributed by atoms with E-state index in [0.717, 1.165) is 38.8 Å². The van der Waals surface area contributed by atoms with Crippen LogP contribution in [0.1, 0.15) is 97.1 Å². The number of fused-ring (bicyclic) bond motifs is 8. The van der Waals surface area contributed by atoms with Crippen molar-refractivity contribution < 1.29 is 28.5 Å². The molecule has 250 valence electrons. The zero-order valence-electron chi connectivity index (χ0n) is 28.8. The molecule has 8 heteroatoms. The predicted molar refractivity (Wildman–Crippen MR) is 183 cm³/mol. The van der Waals surface area contributed by atoms with Gasteiger partial charge in [-0.1, -0.05) is 63.1 Å². The molecule has 0 bridgehead atoms. The number of unbranched alkanes of at least 4 members (excludes halogenated alkanes) is 2. The van der Waals surface area contributed by atoms with Crippen LogP contribution < -0.4 is 4.90 Å². The first-order valence-corrected chi connectivity index (χ1v) is 17.7. The molecule has 0 radical (unpaired) electrons. The number of benzene rings is 2. The number of hydroxylamine groups is 2. The lowest BCUT2D eigenvalue weighted by Gasteiger charge is -2.47. The van der Waals surface area contributed by atoms with E-state index >= 15 is 0 Å². The Kier molecular flexibility index (Phi) is 7.15. The number of para-hydroxylation sites is 2. The van der Waals surface area contributed by atoms with Gasteiger partial charge in [-0.25, -0.2) is 4.79 Å². The van der Waals surface area contributed by atoms with Crippen molar-refractivity contribution >= 4 is 34.9 Å². The predicted octanol–water partition coefficient (Wildman–Crippen LogP) is 6.79. The van der Waals surface area contributed by atoms with Gasteiger partial charge in [0.1, 0.15) is 6.10 Å². The number of hydrogen-bond donors (Lipinski definition) is 0. The van der Waals surface area contributed by atoms with Gasteiger partial charge in [0.2, 0.25) is 5.69 Å². The van der Waals surface area contributed by atoms with Gasteiger partial charge in [-0.05, 0) is 57.7 Å². The normalized spacial score (nSPS) is 27.6. The van der Waals surface area contributed by atoms with Crippen LogP contribution in [0.5, 0.6) is 0 Å². The van der Waals surface area contributed by atoms with Gasteiger partial charge in [0.05, 0.1) is 16.9 Å². The Morgan fingerprint density at radius 2 is 1.65 bits per heavy atom. The van der Waals surface area contributed by atoms with Crippen LogP contribution in [0.2, 0.25) is 0 Å². The molecule has 2 aromatic rings. The van der Waals surface area contributed by atoms with Gasteiger partial charge < -0.3 is 14.5 Å². The summed E-state index contributed by atoms with van der Waals surface area (Å²) < 4.78 is 9.81. The number of anilines is 1. The van der Waals surface area contributed by atoms with Gasteiger partial charge in [0.25, 0.3) is 11.8 Å². The van der Waals surface area contributed by atoms with E-state index in [-0.39, 0.29) is 47.7 Å². The molecule has 0 aliphatic carbocycles. The molecule has 0 aromatic heterocycles. The monoisotopic (exact) mass is 648 g/mol. The highest BCUT2D eigenvalue weighted by molar-refractivity contribution is 6.09. The molecule has 0 spiro atoms. The minimum Gasteiger partial charge on any atom is -0.364 e. The van der Waals surface area contributed by atoms with Crippen LogP contribution in [0, 0.1) is 5.41 Å². The van der Waals surface area contributed by atoms with Crippen molar-refractivity contribution in [2.75, 3.05) is 18.0 Å². The maximum atomic E-state index is 12.4. The lowest BCUT2D eigenvalue weighted by Crippen LogP contribution is -2.54. The van der Waals surface area contributed by atoms with Crippen LogP contribution in [0.25, 0.3) is 0 Å². The third-order valence-corrected chi connectivity index (χ3v) is 11.7. The van der Waals surface area contributed by atoms with Crippen molar-refractivity contribution in [1.29, 1.82) is 0 Å². The summed E-state index contributed by atoms with van der Waals surface area (Å²) in [6.45, 7) is 13.7. The molecule has 6 heterocycles. The van der Waals surface area contributed by atoms with Crippen molar-refractivity contribution in [3.63, 3.8) is 0 Å². The summed E-state index contributed by atoms with van der Waals surface area (Å²) in [6, 6.07) is 17.7. The highest BCUT2D eigenvalue weighted by Gasteiger charge is 2.59. The Morgan fingerprint density at radius 1 is 0.938 bits per heavy atom. The van der Waals surface area contributed by atoms with Crippen LogP contribution >= 0.6 is 0 Å². The Morgan fingerprint density at radius 3 is 2.42 bits per heavy atom. The van der Waals surface area contributed by atoms with Crippen LogP contribution in [0.4, 0.5) is 11.4 Å². The van der Waals surface area contributed by atoms with E-state index in [1.165, 1.54) is 45.1 Å². The van der Waals surface area contributed by atoms with Crippen LogP contribution in [0.15, 0.2) is 71.5 Å². The zero-order chi connectivity index (χ0) is 33.6. The fraction of sp³-hybridized carbons (Fsp3) is 0.500. The molecule has 8 rings (SSSR count). The van der Waals surface area contributed by atoms with E-state index in [2.05, 4.69) is 98.7 Å². The summed E-state index contributed by atoms with van der Waals surface area (Å²) in [4.78, 5) is 43.8. The molecule has 3 atom stereocenters. The summed E-state index contributed by atoms with van der Waals surface area (Å²) >= 11 is 0. The number of hydrogen-bond acceptors (Lipinski definition) is 6. The van der Waals surface area contributed by atoms with Crippen LogP contribution in [0.3, 0.4) is 0 Å². The molecule has 2 amide bonds. The quantitative estimate of drug-likeness (QED) is 0.187. The van der Waals surface area contributed by atoms with Gasteiger partial charge >= 0.3 is 5.97 Å². The molecule has 1 fully saturated rings. The number of carbonyl (C=O) groups excluding carboxylic acids is 3. The number of imide groups is 1. The Balaban J connectivity index is 1.11. The second-order valence-electron chi connectivity index (χ2n) is 15.9. The molecule has 1 saturated heterocycles. The van der Waals surface area contributed by atoms with Crippen molar-refractivity contribution in [3.05, 3.63) is 82.6 Å². The van der Waals surface area contributed by atoms with Crippen molar-refractivity contribution in [2.24, 2.45) is 5.41 Å². The minimum atomic E-state index is -0.526. The number of carbonyl (C=O) groups is 3. The average molecular weight is 649 g/mol. The largest absolute Gasteiger partial charge is 0.364 e. The lowest BCUT2D eigenvalue weighted by atomic mass is 9.68. The third kappa shape index (κ3) is 4.58. The van der Waals surface area contributed by atoms with Crippen molar-refractivity contribution in [1.82, 2.24) is 5.06 Å². The Hall–Kier alpha value is -4.04. The Bertz CT molecular complexity index is 1830. The highest BCUT2D eigenvalue weighted by atomic mass is 16.7. The van der Waals surface area contributed by atoms with Gasteiger partial charge in [0.15, 0.2) is 12.3 Å². The number of rotatable bonds is 7. The maximum Gasteiger partial charge on any atom is 0.333 e. The fourth-order valence-corrected chi connectivity index (χ4v) is 9.54. The molecule has 6 aliphatic heterocycles. The second-order valence-corrected chi connectivity index (χ2v) is 15.9. The fourth-order valence-electron chi connectivity index (χ4n) is 9.54. The molecule has 48 heavy (non-hydrogen) atoms. The number of ether oxygens (including phenoxy) is 1. The molecule has 0 saturated carbocycles. The molecule has 0 N–H and O–H groups in total. The molecule has 8 nitrogen and oxygen atoms in total. The van der Waals surface area contributed by atoms with E-state index in [9.17, 15) is 14.4 Å². The molecule has 6 aliphatic rings. The molecule has 3 unspecified atom stereocenters. The van der Waals surface area contributed by atoms with Gasteiger partial charge in [-0.3, -0.25) is 9.59 Å². The lowest BCUT2D eigenvalue weighted by molar-refractivity contribution is -0.466. The third-order valence-electron chi connectivity index (χ3n) is 11.7. The molecule has 2 aromatic carbocycles. The summed E-state index contributed by atoms with van der Waals surface area (Å²) in [5.41, 5.74) is 10.3. The minimum absolute atomic E-state index is 0.0270. The van der Waals surface area contributed by atoms with Crippen LogP contribution in [-0.2, 0) is 34.8 Å². The smallest absolute Gasteiger partial charge is 0.333 e. The summed E-state index contributed by atoms with van der Waals surface area (Å²) in [6.07, 6.45) is 7.27. The number of allylic oxidation sites excluding steroid dienone is 1.